The minimum Gasteiger partial charge on any atom is -0.329 e. The molecule has 2 heteroatoms. The molecule has 4 rings (SSSR count). The fourth-order valence-corrected chi connectivity index (χ4v) is 2.67. The van der Waals surface area contributed by atoms with Gasteiger partial charge in [0, 0.05) is 13.1 Å². The van der Waals surface area contributed by atoms with Crippen LogP contribution in [0.3, 0.4) is 0 Å². The first kappa shape index (κ1) is 12.9. The van der Waals surface area contributed by atoms with Gasteiger partial charge in [-0.1, -0.05) is 60.7 Å². The van der Waals surface area contributed by atoms with Crippen molar-refractivity contribution in [3.63, 3.8) is 0 Å². The van der Waals surface area contributed by atoms with Gasteiger partial charge in [-0.3, -0.25) is 0 Å². The lowest BCUT2D eigenvalue weighted by atomic mass is 9.95. The Balaban J connectivity index is 0.000000272. The minimum absolute atomic E-state index is 0.597. The SMILES string of the molecule is NCCN.c1cc2ccc3cccc4ccc(c1)c2c34. The molecule has 0 heterocycles. The van der Waals surface area contributed by atoms with Gasteiger partial charge in [-0.05, 0) is 32.3 Å². The van der Waals surface area contributed by atoms with Gasteiger partial charge in [0.05, 0.1) is 0 Å². The molecule has 0 spiro atoms. The van der Waals surface area contributed by atoms with Crippen molar-refractivity contribution in [2.45, 2.75) is 0 Å². The molecule has 4 aromatic carbocycles. The van der Waals surface area contributed by atoms with E-state index in [0.717, 1.165) is 0 Å². The van der Waals surface area contributed by atoms with Gasteiger partial charge in [-0.2, -0.15) is 0 Å². The molecule has 0 unspecified atom stereocenters. The molecule has 0 saturated heterocycles. The summed E-state index contributed by atoms with van der Waals surface area (Å²) in [7, 11) is 0. The Labute approximate surface area is 118 Å². The van der Waals surface area contributed by atoms with Crippen molar-refractivity contribution in [2.75, 3.05) is 13.1 Å². The predicted octanol–water partition coefficient (Wildman–Crippen LogP) is 3.49. The zero-order valence-corrected chi connectivity index (χ0v) is 11.3. The van der Waals surface area contributed by atoms with Gasteiger partial charge in [0.1, 0.15) is 0 Å². The van der Waals surface area contributed by atoms with Crippen molar-refractivity contribution in [3.8, 4) is 0 Å². The lowest BCUT2D eigenvalue weighted by molar-refractivity contribution is 0.976. The van der Waals surface area contributed by atoms with Gasteiger partial charge in [0.15, 0.2) is 0 Å². The fourth-order valence-electron chi connectivity index (χ4n) is 2.67. The lowest BCUT2D eigenvalue weighted by Crippen LogP contribution is -2.11. The predicted molar refractivity (Wildman–Crippen MR) is 88.3 cm³/mol. The Morgan fingerprint density at radius 1 is 0.500 bits per heavy atom. The van der Waals surface area contributed by atoms with Crippen LogP contribution in [0, 0.1) is 0 Å². The largest absolute Gasteiger partial charge is 0.329 e. The topological polar surface area (TPSA) is 52.0 Å². The van der Waals surface area contributed by atoms with Crippen LogP contribution in [-0.4, -0.2) is 13.1 Å². The molecule has 0 fully saturated rings. The maximum Gasteiger partial charge on any atom is 0.00461 e. The number of nitrogens with two attached hydrogens (primary N) is 2. The molecule has 2 nitrogen and oxygen atoms in total. The van der Waals surface area contributed by atoms with Crippen molar-refractivity contribution < 1.29 is 0 Å². The molecule has 0 aliphatic heterocycles. The Bertz CT molecular complexity index is 704. The van der Waals surface area contributed by atoms with E-state index in [4.69, 9.17) is 11.5 Å². The number of hydrogen-bond donors (Lipinski definition) is 2. The van der Waals surface area contributed by atoms with Gasteiger partial charge < -0.3 is 11.5 Å². The highest BCUT2D eigenvalue weighted by Crippen LogP contribution is 2.33. The summed E-state index contributed by atoms with van der Waals surface area (Å²) >= 11 is 0. The summed E-state index contributed by atoms with van der Waals surface area (Å²) in [4.78, 5) is 0. The van der Waals surface area contributed by atoms with E-state index in [9.17, 15) is 0 Å². The van der Waals surface area contributed by atoms with E-state index in [2.05, 4.69) is 60.7 Å². The van der Waals surface area contributed by atoms with Crippen molar-refractivity contribution in [2.24, 2.45) is 11.5 Å². The van der Waals surface area contributed by atoms with Crippen molar-refractivity contribution in [1.82, 2.24) is 0 Å². The second-order valence-electron chi connectivity index (χ2n) is 4.87. The quantitative estimate of drug-likeness (QED) is 0.516. The highest BCUT2D eigenvalue weighted by Gasteiger charge is 2.05. The second kappa shape index (κ2) is 5.45. The van der Waals surface area contributed by atoms with E-state index < -0.39 is 0 Å². The van der Waals surface area contributed by atoms with Crippen LogP contribution in [0.15, 0.2) is 60.7 Å². The average Bonchev–Trinajstić information content (AvgIpc) is 2.53. The van der Waals surface area contributed by atoms with Crippen LogP contribution in [0.25, 0.3) is 32.3 Å². The molecule has 0 radical (unpaired) electrons. The van der Waals surface area contributed by atoms with Crippen molar-refractivity contribution in [3.05, 3.63) is 60.7 Å². The lowest BCUT2D eigenvalue weighted by Gasteiger charge is -2.09. The summed E-state index contributed by atoms with van der Waals surface area (Å²) in [5, 5.41) is 8.14. The zero-order chi connectivity index (χ0) is 13.9. The molecule has 0 aliphatic rings. The first-order chi connectivity index (χ1) is 9.85. The summed E-state index contributed by atoms with van der Waals surface area (Å²) in [6, 6.07) is 21.9. The van der Waals surface area contributed by atoms with Crippen LogP contribution >= 0.6 is 0 Å². The molecule has 0 saturated carbocycles. The summed E-state index contributed by atoms with van der Waals surface area (Å²) in [6.45, 7) is 1.19. The minimum atomic E-state index is 0.597. The van der Waals surface area contributed by atoms with Crippen LogP contribution < -0.4 is 11.5 Å². The first-order valence-corrected chi connectivity index (χ1v) is 6.88. The normalized spacial score (nSPS) is 10.9. The third-order valence-corrected chi connectivity index (χ3v) is 3.56. The third kappa shape index (κ3) is 2.09. The number of rotatable bonds is 1. The standard InChI is InChI=1S/C16H10.C2H8N2/c1-3-11-7-9-13-5-2-6-14-10-8-12(4-1)15(11)16(13)14;3-1-2-4/h1-10H;1-4H2. The highest BCUT2D eigenvalue weighted by molar-refractivity contribution is 6.22. The van der Waals surface area contributed by atoms with Gasteiger partial charge >= 0.3 is 0 Å². The molecule has 0 aliphatic carbocycles. The van der Waals surface area contributed by atoms with Gasteiger partial charge in [-0.15, -0.1) is 0 Å². The molecular weight excluding hydrogens is 244 g/mol. The summed E-state index contributed by atoms with van der Waals surface area (Å²) in [5.41, 5.74) is 9.81. The highest BCUT2D eigenvalue weighted by atomic mass is 14.6. The fraction of sp³-hybridized carbons (Fsp3) is 0.111. The Morgan fingerprint density at radius 3 is 1.05 bits per heavy atom. The van der Waals surface area contributed by atoms with Gasteiger partial charge in [0.2, 0.25) is 0 Å². The molecule has 0 aromatic heterocycles. The van der Waals surface area contributed by atoms with E-state index in [1.165, 1.54) is 32.3 Å². The first-order valence-electron chi connectivity index (χ1n) is 6.88. The van der Waals surface area contributed by atoms with Crippen molar-refractivity contribution in [1.29, 1.82) is 0 Å². The molecule has 20 heavy (non-hydrogen) atoms. The Hall–Kier alpha value is -2.16. The average molecular weight is 262 g/mol. The summed E-state index contributed by atoms with van der Waals surface area (Å²) in [6.07, 6.45) is 0. The monoisotopic (exact) mass is 262 g/mol. The smallest absolute Gasteiger partial charge is 0.00461 e. The zero-order valence-electron chi connectivity index (χ0n) is 11.3. The Morgan fingerprint density at radius 2 is 0.800 bits per heavy atom. The van der Waals surface area contributed by atoms with Crippen LogP contribution in [0.1, 0.15) is 0 Å². The van der Waals surface area contributed by atoms with E-state index in [1.807, 2.05) is 0 Å². The van der Waals surface area contributed by atoms with Crippen LogP contribution in [0.5, 0.6) is 0 Å². The summed E-state index contributed by atoms with van der Waals surface area (Å²) < 4.78 is 0. The van der Waals surface area contributed by atoms with Crippen LogP contribution in [-0.2, 0) is 0 Å². The molecule has 100 valence electrons. The summed E-state index contributed by atoms with van der Waals surface area (Å²) in [5.74, 6) is 0. The van der Waals surface area contributed by atoms with E-state index in [1.54, 1.807) is 0 Å². The van der Waals surface area contributed by atoms with Gasteiger partial charge in [-0.25, -0.2) is 0 Å². The van der Waals surface area contributed by atoms with E-state index in [-0.39, 0.29) is 0 Å². The van der Waals surface area contributed by atoms with Crippen LogP contribution in [0.2, 0.25) is 0 Å². The molecule has 0 amide bonds. The molecule has 4 aromatic rings. The molecule has 0 bridgehead atoms. The van der Waals surface area contributed by atoms with E-state index in [0.29, 0.717) is 13.1 Å². The maximum atomic E-state index is 4.90. The maximum absolute atomic E-state index is 4.90. The van der Waals surface area contributed by atoms with E-state index >= 15 is 0 Å². The van der Waals surface area contributed by atoms with Crippen molar-refractivity contribution >= 4 is 32.3 Å². The second-order valence-corrected chi connectivity index (χ2v) is 4.87. The molecule has 4 N–H and O–H groups in total. The van der Waals surface area contributed by atoms with Crippen LogP contribution in [0.4, 0.5) is 0 Å². The Kier molecular flexibility index (Phi) is 3.50. The third-order valence-electron chi connectivity index (χ3n) is 3.56. The molecular formula is C18H18N2. The van der Waals surface area contributed by atoms with Gasteiger partial charge in [0.25, 0.3) is 0 Å². The number of hydrogen-bond acceptors (Lipinski definition) is 2. The molecule has 0 atom stereocenters. The number of benzene rings is 4.